The zero-order chi connectivity index (χ0) is 49.6. The maximum Gasteiger partial charge on any atom is 0.410 e. The molecule has 0 atom stereocenters. The molecule has 368 valence electrons. The maximum atomic E-state index is 16.2. The van der Waals surface area contributed by atoms with E-state index in [1.54, 1.807) is 26.2 Å². The third-order valence-corrected chi connectivity index (χ3v) is 14.8. The fraction of sp³-hybridized carbons (Fsp3) is 0.377. The molecule has 2 aliphatic heterocycles. The Morgan fingerprint density at radius 3 is 1.80 bits per heavy atom. The van der Waals surface area contributed by atoms with Crippen LogP contribution in [0.5, 0.6) is 17.2 Å². The first-order valence-corrected chi connectivity index (χ1v) is 24.9. The lowest BCUT2D eigenvalue weighted by Gasteiger charge is -2.40. The molecule has 8 rings (SSSR count). The number of nitrogens with two attached hydrogens (primary N) is 1. The molecule has 2 fully saturated rings. The van der Waals surface area contributed by atoms with Crippen LogP contribution in [-0.4, -0.2) is 114 Å². The van der Waals surface area contributed by atoms with Crippen LogP contribution >= 0.6 is 0 Å². The summed E-state index contributed by atoms with van der Waals surface area (Å²) in [7, 11) is 0.369. The van der Waals surface area contributed by atoms with Gasteiger partial charge in [-0.05, 0) is 140 Å². The average molecular weight is 971 g/mol. The number of carbonyl (C=O) groups excluding carboxylic acids is 2. The van der Waals surface area contributed by atoms with E-state index in [1.165, 1.54) is 9.10 Å². The van der Waals surface area contributed by atoms with Crippen LogP contribution in [0, 0.1) is 5.92 Å². The van der Waals surface area contributed by atoms with E-state index >= 15 is 8.42 Å². The Kier molecular flexibility index (Phi) is 15.2. The monoisotopic (exact) mass is 970 g/mol. The van der Waals surface area contributed by atoms with E-state index in [1.807, 2.05) is 135 Å². The van der Waals surface area contributed by atoms with E-state index in [2.05, 4.69) is 10.3 Å². The number of tetrazole rings is 1. The van der Waals surface area contributed by atoms with Crippen molar-refractivity contribution in [1.82, 2.24) is 34.3 Å². The van der Waals surface area contributed by atoms with E-state index in [-0.39, 0.29) is 60.7 Å². The number of primary amides is 1. The Bertz CT molecular complexity index is 2800. The fourth-order valence-electron chi connectivity index (χ4n) is 9.05. The van der Waals surface area contributed by atoms with Gasteiger partial charge in [0.25, 0.3) is 0 Å². The van der Waals surface area contributed by atoms with E-state index in [0.29, 0.717) is 66.5 Å². The van der Waals surface area contributed by atoms with Crippen molar-refractivity contribution in [3.05, 3.63) is 137 Å². The van der Waals surface area contributed by atoms with Gasteiger partial charge in [0.15, 0.2) is 0 Å². The molecule has 70 heavy (non-hydrogen) atoms. The van der Waals surface area contributed by atoms with Crippen LogP contribution in [0.25, 0.3) is 22.5 Å². The molecule has 2 aliphatic rings. The zero-order valence-corrected chi connectivity index (χ0v) is 41.5. The molecule has 2 saturated heterocycles. The molecule has 1 aromatic heterocycles. The molecule has 0 spiro atoms. The number of rotatable bonds is 18. The van der Waals surface area contributed by atoms with Crippen LogP contribution in [-0.2, 0) is 45.6 Å². The molecule has 6 aromatic rings. The van der Waals surface area contributed by atoms with E-state index in [4.69, 9.17) is 29.8 Å². The van der Waals surface area contributed by atoms with Crippen molar-refractivity contribution in [2.75, 3.05) is 54.1 Å². The number of carbonyl (C=O) groups is 2. The van der Waals surface area contributed by atoms with Crippen molar-refractivity contribution in [1.29, 1.82) is 0 Å². The summed E-state index contributed by atoms with van der Waals surface area (Å²) in [6.45, 7) is 8.46. The summed E-state index contributed by atoms with van der Waals surface area (Å²) in [5.41, 5.74) is 10.8. The molecule has 2 amide bonds. The number of hydrogen-bond acceptors (Lipinski definition) is 12. The highest BCUT2D eigenvalue weighted by Gasteiger charge is 2.37. The molecule has 5 aromatic carbocycles. The molecule has 0 saturated carbocycles. The summed E-state index contributed by atoms with van der Waals surface area (Å²) < 4.78 is 55.8. The second kappa shape index (κ2) is 21.4. The highest BCUT2D eigenvalue weighted by Crippen LogP contribution is 2.42. The van der Waals surface area contributed by atoms with E-state index in [0.717, 1.165) is 40.7 Å². The first kappa shape index (κ1) is 49.6. The smallest absolute Gasteiger partial charge is 0.410 e. The van der Waals surface area contributed by atoms with Crippen molar-refractivity contribution >= 4 is 22.0 Å². The summed E-state index contributed by atoms with van der Waals surface area (Å²) in [4.78, 5) is 29.9. The summed E-state index contributed by atoms with van der Waals surface area (Å²) in [5, 5.41) is 14.1. The molecular weight excluding hydrogens is 909 g/mol. The van der Waals surface area contributed by atoms with Crippen molar-refractivity contribution in [2.45, 2.75) is 76.1 Å². The summed E-state index contributed by atoms with van der Waals surface area (Å²) in [6, 6.07) is 34.3. The molecule has 2 N–H and O–H groups in total. The van der Waals surface area contributed by atoms with Gasteiger partial charge in [0, 0.05) is 32.1 Å². The largest absolute Gasteiger partial charge is 0.497 e. The number of nitrogens with zero attached hydrogens (tertiary/aromatic N) is 7. The fourth-order valence-corrected chi connectivity index (χ4v) is 10.9. The number of benzene rings is 5. The standard InChI is InChI=1S/C53H62N8O8S/c1-53(2,3)69-52(63)59-33-43(34-59)40-13-15-41(16-14-40)47-24-17-42(29-36-25-27-58(28-26-36)35-48(54)62)50(49(47)51-55-57-61(56-51)32-39-11-22-46(68-6)23-12-39)70(64,65)60(30-37-7-18-44(66-4)19-8-37)31-38-9-20-45(67-5)21-10-38/h7-24,36,43H,25-35H2,1-6H3,(H2,54,62). The lowest BCUT2D eigenvalue weighted by Crippen LogP contribution is -2.50. The molecule has 17 heteroatoms. The van der Waals surface area contributed by atoms with Gasteiger partial charge in [0.2, 0.25) is 21.8 Å². The molecule has 0 radical (unpaired) electrons. The van der Waals surface area contributed by atoms with Gasteiger partial charge in [0.1, 0.15) is 22.8 Å². The van der Waals surface area contributed by atoms with Gasteiger partial charge in [-0.2, -0.15) is 9.10 Å². The predicted molar refractivity (Wildman–Crippen MR) is 266 cm³/mol. The van der Waals surface area contributed by atoms with Crippen LogP contribution in [0.15, 0.2) is 114 Å². The highest BCUT2D eigenvalue weighted by atomic mass is 32.2. The number of sulfonamides is 1. The van der Waals surface area contributed by atoms with Crippen molar-refractivity contribution in [3.63, 3.8) is 0 Å². The predicted octanol–water partition coefficient (Wildman–Crippen LogP) is 7.55. The van der Waals surface area contributed by atoms with Gasteiger partial charge in [-0.25, -0.2) is 13.2 Å². The van der Waals surface area contributed by atoms with Crippen LogP contribution in [0.4, 0.5) is 4.79 Å². The Hall–Kier alpha value is -6.82. The van der Waals surface area contributed by atoms with Gasteiger partial charge < -0.3 is 29.6 Å². The maximum absolute atomic E-state index is 16.2. The van der Waals surface area contributed by atoms with Crippen LogP contribution in [0.1, 0.15) is 67.3 Å². The number of hydrogen-bond donors (Lipinski definition) is 1. The van der Waals surface area contributed by atoms with Crippen LogP contribution < -0.4 is 19.9 Å². The van der Waals surface area contributed by atoms with Gasteiger partial charge in [0.05, 0.1) is 44.9 Å². The first-order chi connectivity index (χ1) is 33.6. The summed E-state index contributed by atoms with van der Waals surface area (Å²) in [6.07, 6.45) is 1.60. The minimum atomic E-state index is -4.43. The van der Waals surface area contributed by atoms with Gasteiger partial charge in [-0.15, -0.1) is 10.2 Å². The number of methoxy groups -OCH3 is 3. The lowest BCUT2D eigenvalue weighted by molar-refractivity contribution is -0.119. The Balaban J connectivity index is 1.25. The van der Waals surface area contributed by atoms with Crippen molar-refractivity contribution < 1.29 is 37.0 Å². The second-order valence-electron chi connectivity index (χ2n) is 19.0. The molecule has 0 aliphatic carbocycles. The number of amides is 2. The van der Waals surface area contributed by atoms with E-state index < -0.39 is 15.6 Å². The number of piperidine rings is 1. The zero-order valence-electron chi connectivity index (χ0n) is 40.7. The van der Waals surface area contributed by atoms with Crippen molar-refractivity contribution in [2.24, 2.45) is 11.7 Å². The third-order valence-electron chi connectivity index (χ3n) is 12.9. The summed E-state index contributed by atoms with van der Waals surface area (Å²) >= 11 is 0. The number of aromatic nitrogens is 4. The minimum Gasteiger partial charge on any atom is -0.497 e. The van der Waals surface area contributed by atoms with Gasteiger partial charge in [-0.1, -0.05) is 72.8 Å². The van der Waals surface area contributed by atoms with Gasteiger partial charge >= 0.3 is 6.09 Å². The first-order valence-electron chi connectivity index (χ1n) is 23.5. The second-order valence-corrected chi connectivity index (χ2v) is 20.9. The quantitative estimate of drug-likeness (QED) is 0.0894. The lowest BCUT2D eigenvalue weighted by atomic mass is 9.87. The molecular formula is C53H62N8O8S. The number of ether oxygens (including phenoxy) is 4. The Morgan fingerprint density at radius 2 is 1.29 bits per heavy atom. The van der Waals surface area contributed by atoms with Gasteiger partial charge in [-0.3, -0.25) is 9.69 Å². The third kappa shape index (κ3) is 11.9. The molecule has 3 heterocycles. The molecule has 16 nitrogen and oxygen atoms in total. The summed E-state index contributed by atoms with van der Waals surface area (Å²) in [5.74, 6) is 2.01. The SMILES string of the molecule is COc1ccc(CN(Cc2ccc(OC)cc2)S(=O)(=O)c2c(CC3CCN(CC(N)=O)CC3)ccc(-c3ccc(C4CN(C(=O)OC(C)(C)C)C4)cc3)c2-c2nnn(Cc3ccc(OC)cc3)n2)cc1. The average Bonchev–Trinajstić information content (AvgIpc) is 3.79. The van der Waals surface area contributed by atoms with Crippen LogP contribution in [0.2, 0.25) is 0 Å². The van der Waals surface area contributed by atoms with Crippen LogP contribution in [0.3, 0.4) is 0 Å². The molecule has 0 bridgehead atoms. The Morgan fingerprint density at radius 1 is 0.743 bits per heavy atom. The Labute approximate surface area is 410 Å². The normalized spacial score (nSPS) is 14.9. The van der Waals surface area contributed by atoms with E-state index in [9.17, 15) is 9.59 Å². The topological polar surface area (TPSA) is 185 Å². The highest BCUT2D eigenvalue weighted by molar-refractivity contribution is 7.89. The molecule has 0 unspecified atom stereocenters. The number of likely N-dealkylation sites (tertiary alicyclic amines) is 2. The van der Waals surface area contributed by atoms with Crippen molar-refractivity contribution in [3.8, 4) is 39.8 Å². The minimum absolute atomic E-state index is 0.0426.